The molecule has 1 N–H and O–H groups in total. The molecule has 4 atom stereocenters. The first-order chi connectivity index (χ1) is 11.2. The summed E-state index contributed by atoms with van der Waals surface area (Å²) in [5.41, 5.74) is -1.60. The fourth-order valence-electron chi connectivity index (χ4n) is 4.07. The number of ether oxygens (including phenoxy) is 2. The van der Waals surface area contributed by atoms with Crippen LogP contribution in [0.25, 0.3) is 0 Å². The molecule has 0 amide bonds. The lowest BCUT2D eigenvalue weighted by Crippen LogP contribution is -2.48. The zero-order valence-corrected chi connectivity index (χ0v) is 15.5. The van der Waals surface area contributed by atoms with Gasteiger partial charge >= 0.3 is 11.9 Å². The summed E-state index contributed by atoms with van der Waals surface area (Å²) in [6.07, 6.45) is 0.149. The smallest absolute Gasteiger partial charge is 0.313 e. The van der Waals surface area contributed by atoms with Gasteiger partial charge in [0, 0.05) is 10.4 Å². The zero-order valence-electron chi connectivity index (χ0n) is 13.9. The number of fused-ring (bicyclic) bond motifs is 1. The highest BCUT2D eigenvalue weighted by molar-refractivity contribution is 9.10. The third-order valence-corrected chi connectivity index (χ3v) is 5.86. The summed E-state index contributed by atoms with van der Waals surface area (Å²) >= 11 is 3.39. The van der Waals surface area contributed by atoms with E-state index in [0.29, 0.717) is 0 Å². The lowest BCUT2D eigenvalue weighted by molar-refractivity contribution is -0.157. The minimum atomic E-state index is -1.39. The fraction of sp³-hybridized carbons (Fsp3) is 0.556. The first-order valence-electron chi connectivity index (χ1n) is 8.08. The van der Waals surface area contributed by atoms with Gasteiger partial charge in [0.25, 0.3) is 0 Å². The molecule has 0 spiro atoms. The highest BCUT2D eigenvalue weighted by atomic mass is 79.9. The van der Waals surface area contributed by atoms with Gasteiger partial charge in [-0.25, -0.2) is 0 Å². The molecule has 0 unspecified atom stereocenters. The van der Waals surface area contributed by atoms with E-state index in [0.717, 1.165) is 10.0 Å². The average Bonchev–Trinajstić information content (AvgIpc) is 2.91. The molecule has 1 heterocycles. The van der Waals surface area contributed by atoms with Crippen LogP contribution in [0.4, 0.5) is 0 Å². The largest absolute Gasteiger partial charge is 0.466 e. The highest BCUT2D eigenvalue weighted by Gasteiger charge is 2.70. The number of hydrogen-bond acceptors (Lipinski definition) is 5. The Morgan fingerprint density at radius 2 is 2.00 bits per heavy atom. The van der Waals surface area contributed by atoms with Crippen molar-refractivity contribution < 1.29 is 24.2 Å². The predicted molar refractivity (Wildman–Crippen MR) is 90.2 cm³/mol. The maximum absolute atomic E-state index is 12.5. The predicted octanol–water partition coefficient (Wildman–Crippen LogP) is 2.80. The molecular formula is C18H21BrO5. The van der Waals surface area contributed by atoms with Gasteiger partial charge in [0.2, 0.25) is 0 Å². The molecule has 2 fully saturated rings. The number of aliphatic hydroxyl groups is 1. The molecule has 24 heavy (non-hydrogen) atoms. The van der Waals surface area contributed by atoms with E-state index in [1.54, 1.807) is 20.8 Å². The van der Waals surface area contributed by atoms with E-state index >= 15 is 0 Å². The van der Waals surface area contributed by atoms with Crippen LogP contribution < -0.4 is 0 Å². The summed E-state index contributed by atoms with van der Waals surface area (Å²) in [7, 11) is 0. The highest BCUT2D eigenvalue weighted by Crippen LogP contribution is 2.59. The van der Waals surface area contributed by atoms with Crippen molar-refractivity contribution in [1.82, 2.24) is 0 Å². The first-order valence-corrected chi connectivity index (χ1v) is 8.88. The summed E-state index contributed by atoms with van der Waals surface area (Å²) in [6.45, 7) is 5.39. The van der Waals surface area contributed by atoms with Crippen molar-refractivity contribution in [3.8, 4) is 0 Å². The van der Waals surface area contributed by atoms with Crippen LogP contribution in [0, 0.1) is 11.8 Å². The number of rotatable bonds is 3. The third kappa shape index (κ3) is 2.47. The van der Waals surface area contributed by atoms with Crippen LogP contribution in [0.15, 0.2) is 28.7 Å². The number of carbonyl (C=O) groups is 2. The molecule has 2 aliphatic rings. The topological polar surface area (TPSA) is 72.8 Å². The fourth-order valence-corrected chi connectivity index (χ4v) is 4.34. The van der Waals surface area contributed by atoms with Crippen LogP contribution in [-0.4, -0.2) is 34.9 Å². The van der Waals surface area contributed by atoms with Crippen molar-refractivity contribution in [1.29, 1.82) is 0 Å². The van der Waals surface area contributed by atoms with Crippen molar-refractivity contribution >= 4 is 27.9 Å². The lowest BCUT2D eigenvalue weighted by atomic mass is 9.76. The van der Waals surface area contributed by atoms with Gasteiger partial charge in [-0.2, -0.15) is 0 Å². The lowest BCUT2D eigenvalue weighted by Gasteiger charge is -2.33. The van der Waals surface area contributed by atoms with Crippen LogP contribution >= 0.6 is 15.9 Å². The van der Waals surface area contributed by atoms with Gasteiger partial charge in [0.1, 0.15) is 11.2 Å². The third-order valence-electron chi connectivity index (χ3n) is 5.33. The van der Waals surface area contributed by atoms with Gasteiger partial charge in [-0.1, -0.05) is 28.1 Å². The second-order valence-corrected chi connectivity index (χ2v) is 7.89. The first kappa shape index (κ1) is 17.4. The van der Waals surface area contributed by atoms with E-state index in [2.05, 4.69) is 15.9 Å². The minimum absolute atomic E-state index is 0.149. The normalized spacial score (nSPS) is 33.9. The van der Waals surface area contributed by atoms with Crippen LogP contribution in [0.1, 0.15) is 38.7 Å². The molecule has 1 aromatic rings. The molecule has 1 saturated heterocycles. The molecule has 0 bridgehead atoms. The molecular weight excluding hydrogens is 376 g/mol. The monoisotopic (exact) mass is 396 g/mol. The van der Waals surface area contributed by atoms with Crippen molar-refractivity contribution in [2.75, 3.05) is 6.61 Å². The Bertz CT molecular complexity index is 668. The van der Waals surface area contributed by atoms with E-state index in [1.165, 1.54) is 0 Å². The summed E-state index contributed by atoms with van der Waals surface area (Å²) in [5, 5.41) is 11.2. The van der Waals surface area contributed by atoms with E-state index in [-0.39, 0.29) is 19.0 Å². The standard InChI is InChI=1S/C18H21BrO5/c1-4-23-15(20)12-9-18(22)14(16(21)24-17(18,2)3)13(12)10-5-7-11(19)8-6-10/h5-8,12-14,22H,4,9H2,1-3H3/t12-,13+,14+,18-/m0/s1. The second-order valence-electron chi connectivity index (χ2n) is 6.97. The molecule has 6 heteroatoms. The zero-order chi connectivity index (χ0) is 17.7. The summed E-state index contributed by atoms with van der Waals surface area (Å²) < 4.78 is 11.5. The Morgan fingerprint density at radius 3 is 2.58 bits per heavy atom. The molecule has 3 rings (SSSR count). The number of carbonyl (C=O) groups excluding carboxylic acids is 2. The molecule has 0 aromatic heterocycles. The van der Waals surface area contributed by atoms with Gasteiger partial charge < -0.3 is 14.6 Å². The second kappa shape index (κ2) is 5.85. The van der Waals surface area contributed by atoms with E-state index < -0.39 is 34.9 Å². The number of hydrogen-bond donors (Lipinski definition) is 1. The van der Waals surface area contributed by atoms with E-state index in [4.69, 9.17) is 9.47 Å². The molecule has 0 radical (unpaired) electrons. The maximum atomic E-state index is 12.5. The molecule has 5 nitrogen and oxygen atoms in total. The van der Waals surface area contributed by atoms with Gasteiger partial charge in [0.15, 0.2) is 0 Å². The maximum Gasteiger partial charge on any atom is 0.313 e. The van der Waals surface area contributed by atoms with Crippen molar-refractivity contribution in [2.45, 2.75) is 44.3 Å². The Hall–Kier alpha value is -1.40. The van der Waals surface area contributed by atoms with Gasteiger partial charge in [-0.05, 0) is 44.9 Å². The molecule has 1 saturated carbocycles. The molecule has 1 aliphatic carbocycles. The van der Waals surface area contributed by atoms with Crippen LogP contribution in [-0.2, 0) is 19.1 Å². The SMILES string of the molecule is CCOC(=O)[C@H]1C[C@]2(O)[C@@H](C(=O)OC2(C)C)[C@@H]1c1ccc(Br)cc1. The number of halogens is 1. The summed E-state index contributed by atoms with van der Waals surface area (Å²) in [5.74, 6) is -2.65. The Balaban J connectivity index is 2.08. The minimum Gasteiger partial charge on any atom is -0.466 e. The van der Waals surface area contributed by atoms with Crippen molar-refractivity contribution in [2.24, 2.45) is 11.8 Å². The van der Waals surface area contributed by atoms with Gasteiger partial charge in [-0.3, -0.25) is 9.59 Å². The Kier molecular flexibility index (Phi) is 4.24. The average molecular weight is 397 g/mol. The van der Waals surface area contributed by atoms with Crippen molar-refractivity contribution in [3.05, 3.63) is 34.3 Å². The van der Waals surface area contributed by atoms with Gasteiger partial charge in [0.05, 0.1) is 18.4 Å². The number of cyclic esters (lactones) is 1. The van der Waals surface area contributed by atoms with Crippen LogP contribution in [0.2, 0.25) is 0 Å². The summed E-state index contributed by atoms with van der Waals surface area (Å²) in [6, 6.07) is 7.46. The van der Waals surface area contributed by atoms with E-state index in [1.807, 2.05) is 24.3 Å². The molecule has 1 aromatic carbocycles. The van der Waals surface area contributed by atoms with Crippen LogP contribution in [0.3, 0.4) is 0 Å². The molecule has 1 aliphatic heterocycles. The Labute approximate surface area is 149 Å². The van der Waals surface area contributed by atoms with E-state index in [9.17, 15) is 14.7 Å². The number of esters is 2. The quantitative estimate of drug-likeness (QED) is 0.795. The summed E-state index contributed by atoms with van der Waals surface area (Å²) in [4.78, 5) is 25.0. The van der Waals surface area contributed by atoms with Crippen LogP contribution in [0.5, 0.6) is 0 Å². The van der Waals surface area contributed by atoms with Gasteiger partial charge in [-0.15, -0.1) is 0 Å². The van der Waals surface area contributed by atoms with Crippen molar-refractivity contribution in [3.63, 3.8) is 0 Å². The number of benzene rings is 1. The Morgan fingerprint density at radius 1 is 1.38 bits per heavy atom. The molecule has 130 valence electrons.